The molecular weight excluding hydrogens is 228 g/mol. The molecule has 1 rings (SSSR count). The highest BCUT2D eigenvalue weighted by molar-refractivity contribution is 7.80. The number of hydrogen-bond donors (Lipinski definition) is 1. The van der Waals surface area contributed by atoms with Crippen LogP contribution in [0.4, 0.5) is 17.6 Å². The summed E-state index contributed by atoms with van der Waals surface area (Å²) in [6.45, 7) is 0. The highest BCUT2D eigenvalue weighted by atomic mass is 32.1. The predicted octanol–water partition coefficient (Wildman–Crippen LogP) is 3.71. The molecule has 15 heavy (non-hydrogen) atoms. The summed E-state index contributed by atoms with van der Waals surface area (Å²) in [5.74, 6) is -0.216. The molecular formula is C10H10F4S. The van der Waals surface area contributed by atoms with Crippen molar-refractivity contribution in [1.29, 1.82) is 0 Å². The second-order valence-electron chi connectivity index (χ2n) is 3.13. The quantitative estimate of drug-likeness (QED) is 0.602. The van der Waals surface area contributed by atoms with Crippen LogP contribution in [0, 0.1) is 5.82 Å². The Morgan fingerprint density at radius 1 is 1.20 bits per heavy atom. The van der Waals surface area contributed by atoms with Crippen molar-refractivity contribution >= 4 is 12.6 Å². The van der Waals surface area contributed by atoms with Crippen molar-refractivity contribution in [2.24, 2.45) is 0 Å². The van der Waals surface area contributed by atoms with Crippen molar-refractivity contribution in [2.45, 2.75) is 19.0 Å². The van der Waals surface area contributed by atoms with E-state index in [1.807, 2.05) is 0 Å². The minimum atomic E-state index is -4.48. The monoisotopic (exact) mass is 238 g/mol. The van der Waals surface area contributed by atoms with Crippen LogP contribution in [0.15, 0.2) is 18.2 Å². The molecule has 0 spiro atoms. The van der Waals surface area contributed by atoms with Gasteiger partial charge >= 0.3 is 6.18 Å². The fourth-order valence-electron chi connectivity index (χ4n) is 1.20. The molecule has 5 heteroatoms. The van der Waals surface area contributed by atoms with E-state index in [2.05, 4.69) is 12.6 Å². The highest BCUT2D eigenvalue weighted by Gasteiger charge is 2.30. The van der Waals surface area contributed by atoms with Gasteiger partial charge in [-0.05, 0) is 36.3 Å². The van der Waals surface area contributed by atoms with E-state index >= 15 is 0 Å². The fraction of sp³-hybridized carbons (Fsp3) is 0.400. The molecule has 0 N–H and O–H groups in total. The largest absolute Gasteiger partial charge is 0.416 e. The maximum atomic E-state index is 13.2. The summed E-state index contributed by atoms with van der Waals surface area (Å²) < 4.78 is 49.7. The van der Waals surface area contributed by atoms with Crippen molar-refractivity contribution in [2.75, 3.05) is 5.75 Å². The Bertz CT molecular complexity index is 333. The number of halogens is 4. The molecule has 0 saturated heterocycles. The van der Waals surface area contributed by atoms with Gasteiger partial charge in [-0.3, -0.25) is 0 Å². The summed E-state index contributed by atoms with van der Waals surface area (Å²) in [5, 5.41) is 0. The number of thiol groups is 1. The Morgan fingerprint density at radius 2 is 1.87 bits per heavy atom. The van der Waals surface area contributed by atoms with Crippen molar-refractivity contribution in [3.8, 4) is 0 Å². The van der Waals surface area contributed by atoms with E-state index in [0.717, 1.165) is 6.07 Å². The normalized spacial score (nSPS) is 11.8. The molecule has 0 unspecified atom stereocenters. The van der Waals surface area contributed by atoms with Gasteiger partial charge in [0.15, 0.2) is 0 Å². The van der Waals surface area contributed by atoms with E-state index in [-0.39, 0.29) is 0 Å². The van der Waals surface area contributed by atoms with Crippen molar-refractivity contribution in [3.63, 3.8) is 0 Å². The Morgan fingerprint density at radius 3 is 2.33 bits per heavy atom. The molecule has 1 aromatic carbocycles. The molecule has 1 aromatic rings. The Kier molecular flexibility index (Phi) is 4.02. The zero-order valence-electron chi connectivity index (χ0n) is 7.81. The lowest BCUT2D eigenvalue weighted by Crippen LogP contribution is -2.06. The molecule has 0 atom stereocenters. The molecule has 0 saturated carbocycles. The van der Waals surface area contributed by atoms with E-state index in [9.17, 15) is 17.6 Å². The average Bonchev–Trinajstić information content (AvgIpc) is 2.14. The first-order valence-electron chi connectivity index (χ1n) is 4.41. The summed E-state index contributed by atoms with van der Waals surface area (Å²) in [6, 6.07) is 2.62. The van der Waals surface area contributed by atoms with Gasteiger partial charge in [-0.25, -0.2) is 4.39 Å². The lowest BCUT2D eigenvalue weighted by molar-refractivity contribution is -0.137. The first kappa shape index (κ1) is 12.4. The van der Waals surface area contributed by atoms with Crippen LogP contribution in [0.2, 0.25) is 0 Å². The number of benzene rings is 1. The van der Waals surface area contributed by atoms with E-state index < -0.39 is 17.6 Å². The lowest BCUT2D eigenvalue weighted by Gasteiger charge is -2.08. The standard InChI is InChI=1S/C10H10F4S/c11-9-6-8(10(12,13)14)4-3-7(9)2-1-5-15/h3-4,6,15H,1-2,5H2. The molecule has 0 radical (unpaired) electrons. The van der Waals surface area contributed by atoms with Gasteiger partial charge in [0.05, 0.1) is 5.56 Å². The molecule has 0 fully saturated rings. The molecule has 0 aliphatic rings. The van der Waals surface area contributed by atoms with Crippen molar-refractivity contribution in [1.82, 2.24) is 0 Å². The summed E-state index contributed by atoms with van der Waals surface area (Å²) in [5.41, 5.74) is -0.647. The van der Waals surface area contributed by atoms with Crippen LogP contribution in [0.1, 0.15) is 17.5 Å². The molecule has 0 aromatic heterocycles. The zero-order chi connectivity index (χ0) is 11.5. The zero-order valence-corrected chi connectivity index (χ0v) is 8.71. The van der Waals surface area contributed by atoms with Crippen LogP contribution in [0.5, 0.6) is 0 Å². The summed E-state index contributed by atoms with van der Waals surface area (Å²) >= 11 is 3.95. The van der Waals surface area contributed by atoms with Gasteiger partial charge < -0.3 is 0 Å². The van der Waals surface area contributed by atoms with Gasteiger partial charge in [0.2, 0.25) is 0 Å². The number of alkyl halides is 3. The molecule has 0 amide bonds. The third-order valence-corrected chi connectivity index (χ3v) is 2.30. The Hall–Kier alpha value is -0.710. The van der Waals surface area contributed by atoms with E-state index in [1.54, 1.807) is 0 Å². The third-order valence-electron chi connectivity index (χ3n) is 1.98. The van der Waals surface area contributed by atoms with Crippen LogP contribution in [-0.4, -0.2) is 5.75 Å². The third kappa shape index (κ3) is 3.41. The van der Waals surface area contributed by atoms with Crippen molar-refractivity contribution < 1.29 is 17.6 Å². The van der Waals surface area contributed by atoms with Crippen LogP contribution < -0.4 is 0 Å². The van der Waals surface area contributed by atoms with Crippen LogP contribution in [-0.2, 0) is 12.6 Å². The van der Waals surface area contributed by atoms with E-state index in [0.29, 0.717) is 30.2 Å². The van der Waals surface area contributed by atoms with Gasteiger partial charge in [-0.2, -0.15) is 25.8 Å². The predicted molar refractivity (Wildman–Crippen MR) is 53.6 cm³/mol. The van der Waals surface area contributed by atoms with Gasteiger partial charge in [-0.1, -0.05) is 6.07 Å². The smallest absolute Gasteiger partial charge is 0.207 e. The lowest BCUT2D eigenvalue weighted by atomic mass is 10.1. The number of aryl methyl sites for hydroxylation is 1. The Labute approximate surface area is 90.7 Å². The number of rotatable bonds is 3. The summed E-state index contributed by atoms with van der Waals surface area (Å²) in [4.78, 5) is 0. The highest BCUT2D eigenvalue weighted by Crippen LogP contribution is 2.30. The first-order chi connectivity index (χ1) is 6.95. The maximum Gasteiger partial charge on any atom is 0.416 e. The van der Waals surface area contributed by atoms with Crippen LogP contribution in [0.3, 0.4) is 0 Å². The van der Waals surface area contributed by atoms with Gasteiger partial charge in [0, 0.05) is 0 Å². The minimum absolute atomic E-state index is 0.303. The second-order valence-corrected chi connectivity index (χ2v) is 3.58. The average molecular weight is 238 g/mol. The second kappa shape index (κ2) is 4.88. The maximum absolute atomic E-state index is 13.2. The summed E-state index contributed by atoms with van der Waals surface area (Å²) in [6.07, 6.45) is -3.43. The fourth-order valence-corrected chi connectivity index (χ4v) is 1.35. The molecule has 0 aliphatic heterocycles. The first-order valence-corrected chi connectivity index (χ1v) is 5.05. The van der Waals surface area contributed by atoms with Crippen LogP contribution in [0.25, 0.3) is 0 Å². The topological polar surface area (TPSA) is 0 Å². The van der Waals surface area contributed by atoms with Gasteiger partial charge in [0.1, 0.15) is 5.82 Å². The Balaban J connectivity index is 2.88. The molecule has 0 heterocycles. The van der Waals surface area contributed by atoms with Gasteiger partial charge in [0.25, 0.3) is 0 Å². The van der Waals surface area contributed by atoms with E-state index in [1.165, 1.54) is 6.07 Å². The van der Waals surface area contributed by atoms with Crippen LogP contribution >= 0.6 is 12.6 Å². The minimum Gasteiger partial charge on any atom is -0.207 e. The van der Waals surface area contributed by atoms with Gasteiger partial charge in [-0.15, -0.1) is 0 Å². The molecule has 0 nitrogen and oxygen atoms in total. The SMILES string of the molecule is Fc1cc(C(F)(F)F)ccc1CCCS. The number of hydrogen-bond acceptors (Lipinski definition) is 1. The molecule has 84 valence electrons. The summed E-state index contributed by atoms with van der Waals surface area (Å²) in [7, 11) is 0. The molecule has 0 bridgehead atoms. The molecule has 0 aliphatic carbocycles. The van der Waals surface area contributed by atoms with E-state index in [4.69, 9.17) is 0 Å². The van der Waals surface area contributed by atoms with Crippen molar-refractivity contribution in [3.05, 3.63) is 35.1 Å².